The lowest BCUT2D eigenvalue weighted by Gasteiger charge is -2.35. The van der Waals surface area contributed by atoms with Crippen molar-refractivity contribution in [3.63, 3.8) is 0 Å². The molecule has 1 aromatic heterocycles. The average molecular weight is 531 g/mol. The first-order chi connectivity index (χ1) is 18.4. The summed E-state index contributed by atoms with van der Waals surface area (Å²) in [5.41, 5.74) is 3.56. The van der Waals surface area contributed by atoms with Crippen molar-refractivity contribution in [1.29, 1.82) is 0 Å². The Morgan fingerprint density at radius 2 is 1.79 bits per heavy atom. The van der Waals surface area contributed by atoms with Gasteiger partial charge in [-0.3, -0.25) is 4.79 Å². The molecule has 38 heavy (non-hydrogen) atoms. The third kappa shape index (κ3) is 6.19. The van der Waals surface area contributed by atoms with Gasteiger partial charge in [-0.25, -0.2) is 4.68 Å². The van der Waals surface area contributed by atoms with Crippen LogP contribution in [0.5, 0.6) is 5.75 Å². The predicted molar refractivity (Wildman–Crippen MR) is 154 cm³/mol. The number of thioether (sulfide) groups is 1. The van der Waals surface area contributed by atoms with Crippen molar-refractivity contribution in [3.05, 3.63) is 71.3 Å². The quantitative estimate of drug-likeness (QED) is 0.347. The van der Waals surface area contributed by atoms with Gasteiger partial charge in [0.1, 0.15) is 5.75 Å². The Balaban J connectivity index is 1.42. The molecule has 2 aromatic carbocycles. The molecule has 198 valence electrons. The minimum absolute atomic E-state index is 0.0956. The Bertz CT molecular complexity index is 1320. The summed E-state index contributed by atoms with van der Waals surface area (Å²) in [6, 6.07) is 18.0. The molecule has 2 aliphatic rings. The third-order valence-corrected chi connectivity index (χ3v) is 7.49. The molecule has 0 saturated carbocycles. The number of ether oxygens (including phenoxy) is 2. The van der Waals surface area contributed by atoms with Gasteiger partial charge >= 0.3 is 0 Å². The van der Waals surface area contributed by atoms with Crippen LogP contribution in [0, 0.1) is 5.92 Å². The van der Waals surface area contributed by atoms with Gasteiger partial charge in [0.25, 0.3) is 5.91 Å². The minimum atomic E-state index is -0.218. The molecule has 1 saturated heterocycles. The van der Waals surface area contributed by atoms with Crippen molar-refractivity contribution in [2.24, 2.45) is 10.9 Å². The van der Waals surface area contributed by atoms with Crippen LogP contribution in [-0.2, 0) is 9.53 Å². The van der Waals surface area contributed by atoms with E-state index in [-0.39, 0.29) is 18.1 Å². The van der Waals surface area contributed by atoms with Crippen LogP contribution in [0.25, 0.3) is 23.0 Å². The minimum Gasteiger partial charge on any atom is -0.494 e. The van der Waals surface area contributed by atoms with Crippen LogP contribution in [-0.4, -0.2) is 57.7 Å². The van der Waals surface area contributed by atoms with Gasteiger partial charge in [0.2, 0.25) is 0 Å². The van der Waals surface area contributed by atoms with E-state index in [0.29, 0.717) is 17.4 Å². The Morgan fingerprint density at radius 3 is 2.47 bits per heavy atom. The summed E-state index contributed by atoms with van der Waals surface area (Å²) in [5.74, 6) is 1.22. The highest BCUT2D eigenvalue weighted by Gasteiger charge is 2.31. The van der Waals surface area contributed by atoms with Crippen LogP contribution in [0.1, 0.15) is 39.7 Å². The fourth-order valence-electron chi connectivity index (χ4n) is 4.56. The van der Waals surface area contributed by atoms with Crippen LogP contribution in [0.3, 0.4) is 0 Å². The zero-order valence-electron chi connectivity index (χ0n) is 22.3. The first kappa shape index (κ1) is 26.3. The number of morpholine rings is 1. The van der Waals surface area contributed by atoms with E-state index in [1.54, 1.807) is 0 Å². The van der Waals surface area contributed by atoms with Crippen LogP contribution in [0.4, 0.5) is 0 Å². The van der Waals surface area contributed by atoms with Gasteiger partial charge in [0, 0.05) is 30.4 Å². The highest BCUT2D eigenvalue weighted by Crippen LogP contribution is 2.34. The molecule has 0 radical (unpaired) electrons. The molecule has 3 heterocycles. The molecule has 0 spiro atoms. The third-order valence-electron chi connectivity index (χ3n) is 6.44. The van der Waals surface area contributed by atoms with Gasteiger partial charge in [-0.15, -0.1) is 0 Å². The van der Waals surface area contributed by atoms with E-state index in [9.17, 15) is 4.79 Å². The molecule has 0 unspecified atom stereocenters. The summed E-state index contributed by atoms with van der Waals surface area (Å²) in [5, 5.41) is 5.65. The number of amidine groups is 1. The van der Waals surface area contributed by atoms with Crippen molar-refractivity contribution < 1.29 is 14.3 Å². The van der Waals surface area contributed by atoms with Crippen molar-refractivity contribution in [3.8, 4) is 22.7 Å². The van der Waals surface area contributed by atoms with E-state index in [1.807, 2.05) is 85.4 Å². The first-order valence-corrected chi connectivity index (χ1v) is 14.0. The summed E-state index contributed by atoms with van der Waals surface area (Å²) < 4.78 is 13.6. The topological polar surface area (TPSA) is 68.9 Å². The molecule has 1 amide bonds. The SMILES string of the molecule is CC(C)CCOc1ccc(-c2nn(-c3ccccc3)cc2/C=C2/SC(N3C[C@@H](C)O[C@H](C)C3)=NC2=O)cc1. The van der Waals surface area contributed by atoms with Gasteiger partial charge in [-0.2, -0.15) is 10.1 Å². The summed E-state index contributed by atoms with van der Waals surface area (Å²) in [4.78, 5) is 20.1. The number of aromatic nitrogens is 2. The van der Waals surface area contributed by atoms with Gasteiger partial charge in [0.15, 0.2) is 5.17 Å². The zero-order chi connectivity index (χ0) is 26.6. The number of rotatable bonds is 7. The number of amides is 1. The summed E-state index contributed by atoms with van der Waals surface area (Å²) in [6.07, 6.45) is 5.08. The Hall–Kier alpha value is -3.36. The molecule has 0 aliphatic carbocycles. The van der Waals surface area contributed by atoms with Gasteiger partial charge < -0.3 is 14.4 Å². The molecule has 5 rings (SSSR count). The second-order valence-corrected chi connectivity index (χ2v) is 11.3. The maximum atomic E-state index is 12.9. The standard InChI is InChI=1S/C30H34N4O3S/c1-20(2)14-15-36-26-12-10-23(11-13-26)28-24(19-34(32-28)25-8-6-5-7-9-25)16-27-29(35)31-30(38-27)33-17-21(3)37-22(4)18-33/h5-13,16,19-22H,14-15,17-18H2,1-4H3/b27-16+/t21-,22-/m1/s1. The molecule has 2 aliphatic heterocycles. The van der Waals surface area contributed by atoms with E-state index in [0.717, 1.165) is 52.9 Å². The predicted octanol–water partition coefficient (Wildman–Crippen LogP) is 6.04. The molecule has 1 fully saturated rings. The molecule has 3 aromatic rings. The number of benzene rings is 2. The zero-order valence-corrected chi connectivity index (χ0v) is 23.1. The van der Waals surface area contributed by atoms with E-state index in [2.05, 4.69) is 23.7 Å². The molecule has 2 atom stereocenters. The monoisotopic (exact) mass is 530 g/mol. The highest BCUT2D eigenvalue weighted by molar-refractivity contribution is 8.18. The van der Waals surface area contributed by atoms with E-state index >= 15 is 0 Å². The van der Waals surface area contributed by atoms with Crippen LogP contribution in [0.2, 0.25) is 0 Å². The number of aliphatic imine (C=N–C) groups is 1. The first-order valence-electron chi connectivity index (χ1n) is 13.2. The number of hydrogen-bond donors (Lipinski definition) is 0. The molecular formula is C30H34N4O3S. The summed E-state index contributed by atoms with van der Waals surface area (Å²) >= 11 is 1.42. The molecule has 7 nitrogen and oxygen atoms in total. The van der Waals surface area contributed by atoms with Gasteiger partial charge in [-0.1, -0.05) is 32.0 Å². The molecule has 8 heteroatoms. The lowest BCUT2D eigenvalue weighted by molar-refractivity contribution is -0.113. The summed E-state index contributed by atoms with van der Waals surface area (Å²) in [6.45, 7) is 10.6. The number of para-hydroxylation sites is 1. The van der Waals surface area contributed by atoms with E-state index in [1.165, 1.54) is 11.8 Å². The van der Waals surface area contributed by atoms with Crippen molar-refractivity contribution in [1.82, 2.24) is 14.7 Å². The van der Waals surface area contributed by atoms with E-state index in [4.69, 9.17) is 14.6 Å². The van der Waals surface area contributed by atoms with Crippen molar-refractivity contribution in [2.75, 3.05) is 19.7 Å². The number of carbonyl (C=O) groups excluding carboxylic acids is 1. The highest BCUT2D eigenvalue weighted by atomic mass is 32.2. The summed E-state index contributed by atoms with van der Waals surface area (Å²) in [7, 11) is 0. The van der Waals surface area contributed by atoms with E-state index < -0.39 is 0 Å². The second-order valence-electron chi connectivity index (χ2n) is 10.2. The molecule has 0 N–H and O–H groups in total. The second kappa shape index (κ2) is 11.6. The number of carbonyl (C=O) groups is 1. The lowest BCUT2D eigenvalue weighted by atomic mass is 10.1. The van der Waals surface area contributed by atoms with Gasteiger partial charge in [0.05, 0.1) is 35.1 Å². The lowest BCUT2D eigenvalue weighted by Crippen LogP contribution is -2.47. The van der Waals surface area contributed by atoms with Gasteiger partial charge in [-0.05, 0) is 80.4 Å². The largest absolute Gasteiger partial charge is 0.494 e. The van der Waals surface area contributed by atoms with Crippen LogP contribution in [0.15, 0.2) is 70.7 Å². The Kier molecular flexibility index (Phi) is 8.00. The van der Waals surface area contributed by atoms with Crippen molar-refractivity contribution >= 4 is 28.9 Å². The molecular weight excluding hydrogens is 496 g/mol. The Morgan fingerprint density at radius 1 is 1.08 bits per heavy atom. The van der Waals surface area contributed by atoms with Crippen LogP contribution < -0.4 is 4.74 Å². The maximum Gasteiger partial charge on any atom is 0.286 e. The average Bonchev–Trinajstić information content (AvgIpc) is 3.48. The van der Waals surface area contributed by atoms with Crippen LogP contribution >= 0.6 is 11.8 Å². The fraction of sp³-hybridized carbons (Fsp3) is 0.367. The Labute approximate surface area is 228 Å². The maximum absolute atomic E-state index is 12.9. The fourth-order valence-corrected chi connectivity index (χ4v) is 5.48. The number of nitrogens with zero attached hydrogens (tertiary/aromatic N) is 4. The normalized spacial score (nSPS) is 20.9. The smallest absolute Gasteiger partial charge is 0.286 e. The van der Waals surface area contributed by atoms with Crippen molar-refractivity contribution in [2.45, 2.75) is 46.3 Å². The molecule has 0 bridgehead atoms. The number of hydrogen-bond acceptors (Lipinski definition) is 6.